The number of para-hydroxylation sites is 3. The fraction of sp³-hybridized carbons (Fsp3) is 0. The number of hydrogen-bond donors (Lipinski definition) is 0. The highest BCUT2D eigenvalue weighted by molar-refractivity contribution is 7.26. The Hall–Kier alpha value is -7.98. The van der Waals surface area contributed by atoms with Crippen LogP contribution < -0.4 is 4.90 Å². The van der Waals surface area contributed by atoms with E-state index in [0.29, 0.717) is 0 Å². The van der Waals surface area contributed by atoms with Gasteiger partial charge in [-0.05, 0) is 82.4 Å². The van der Waals surface area contributed by atoms with Crippen molar-refractivity contribution in [3.8, 4) is 50.2 Å². The molecule has 0 spiro atoms. The lowest BCUT2D eigenvalue weighted by Gasteiger charge is -2.29. The van der Waals surface area contributed by atoms with Crippen molar-refractivity contribution in [3.63, 3.8) is 0 Å². The Morgan fingerprint density at radius 1 is 0.317 bits per heavy atom. The maximum atomic E-state index is 2.49. The van der Waals surface area contributed by atoms with Gasteiger partial charge in [-0.1, -0.05) is 188 Å². The third kappa shape index (κ3) is 6.33. The standard InChI is InChI=1S/C60H40N2S/c1-4-19-41(20-5-1)46-25-10-11-26-47(46)43-35-38-57(54(39-43)42-21-6-2-7-22-42)61(44-23-8-3-9-24-44)45-36-37-50-48-27-12-15-32-55(48)62(58(50)40-45)56-33-16-13-28-49(56)52-30-18-31-53-51-29-14-17-34-59(51)63-60(52)53/h1-40H. The molecule has 0 bridgehead atoms. The first kappa shape index (κ1) is 36.8. The average molecular weight is 821 g/mol. The summed E-state index contributed by atoms with van der Waals surface area (Å²) in [5, 5.41) is 5.05. The van der Waals surface area contributed by atoms with Crippen LogP contribution in [-0.2, 0) is 0 Å². The summed E-state index contributed by atoms with van der Waals surface area (Å²) in [6.07, 6.45) is 0. The molecular weight excluding hydrogens is 781 g/mol. The molecule has 63 heavy (non-hydrogen) atoms. The van der Waals surface area contributed by atoms with Crippen molar-refractivity contribution in [3.05, 3.63) is 243 Å². The molecule has 3 heteroatoms. The van der Waals surface area contributed by atoms with Gasteiger partial charge in [0.2, 0.25) is 0 Å². The van der Waals surface area contributed by atoms with Crippen molar-refractivity contribution in [2.24, 2.45) is 0 Å². The van der Waals surface area contributed by atoms with E-state index in [9.17, 15) is 0 Å². The molecule has 12 rings (SSSR count). The number of thiophene rings is 1. The summed E-state index contributed by atoms with van der Waals surface area (Å²) in [5.74, 6) is 0. The van der Waals surface area contributed by atoms with E-state index in [1.165, 1.54) is 69.8 Å². The molecule has 0 N–H and O–H groups in total. The third-order valence-corrected chi connectivity index (χ3v) is 13.6. The Morgan fingerprint density at radius 3 is 1.67 bits per heavy atom. The fourth-order valence-electron chi connectivity index (χ4n) is 9.57. The second-order valence-corrected chi connectivity index (χ2v) is 17.1. The van der Waals surface area contributed by atoms with E-state index in [-0.39, 0.29) is 0 Å². The zero-order valence-corrected chi connectivity index (χ0v) is 35.2. The minimum absolute atomic E-state index is 1.08. The zero-order valence-electron chi connectivity index (χ0n) is 34.4. The lowest BCUT2D eigenvalue weighted by atomic mass is 9.91. The summed E-state index contributed by atoms with van der Waals surface area (Å²) in [6, 6.07) is 88.4. The van der Waals surface area contributed by atoms with E-state index in [0.717, 1.165) is 39.4 Å². The Morgan fingerprint density at radius 2 is 0.889 bits per heavy atom. The largest absolute Gasteiger partial charge is 0.310 e. The predicted octanol–water partition coefficient (Wildman–Crippen LogP) is 17.3. The number of hydrogen-bond acceptors (Lipinski definition) is 2. The van der Waals surface area contributed by atoms with Gasteiger partial charge in [-0.15, -0.1) is 11.3 Å². The van der Waals surface area contributed by atoms with Crippen molar-refractivity contribution in [1.82, 2.24) is 4.57 Å². The summed E-state index contributed by atoms with van der Waals surface area (Å²) >= 11 is 1.88. The average Bonchev–Trinajstić information content (AvgIpc) is 3.91. The highest BCUT2D eigenvalue weighted by atomic mass is 32.1. The smallest absolute Gasteiger partial charge is 0.0562 e. The monoisotopic (exact) mass is 820 g/mol. The lowest BCUT2D eigenvalue weighted by Crippen LogP contribution is -2.11. The second kappa shape index (κ2) is 15.5. The van der Waals surface area contributed by atoms with Crippen LogP contribution in [0.3, 0.4) is 0 Å². The molecule has 0 atom stereocenters. The molecule has 0 radical (unpaired) electrons. The first-order valence-electron chi connectivity index (χ1n) is 21.5. The van der Waals surface area contributed by atoms with Crippen molar-refractivity contribution in [1.29, 1.82) is 0 Å². The predicted molar refractivity (Wildman–Crippen MR) is 270 cm³/mol. The Bertz CT molecular complexity index is 3620. The molecule has 2 aromatic heterocycles. The molecule has 2 heterocycles. The number of rotatable bonds is 8. The Kier molecular flexibility index (Phi) is 9.06. The Labute approximate surface area is 370 Å². The summed E-state index contributed by atoms with van der Waals surface area (Å²) in [6.45, 7) is 0. The van der Waals surface area contributed by atoms with Gasteiger partial charge in [-0.3, -0.25) is 0 Å². The summed E-state index contributed by atoms with van der Waals surface area (Å²) < 4.78 is 5.11. The highest BCUT2D eigenvalue weighted by Gasteiger charge is 2.23. The molecule has 0 amide bonds. The van der Waals surface area contributed by atoms with Crippen LogP contribution in [0.15, 0.2) is 243 Å². The molecule has 0 fully saturated rings. The minimum atomic E-state index is 1.08. The SMILES string of the molecule is c1ccc(-c2ccccc2-c2ccc(N(c3ccccc3)c3ccc4c5ccccc5n(-c5ccccc5-c5cccc6c5sc5ccccc56)c4c3)c(-c3ccccc3)c2)cc1. The zero-order chi connectivity index (χ0) is 41.7. The van der Waals surface area contributed by atoms with Crippen LogP contribution in [0.4, 0.5) is 17.1 Å². The highest BCUT2D eigenvalue weighted by Crippen LogP contribution is 2.47. The number of anilines is 3. The molecular formula is C60H40N2S. The van der Waals surface area contributed by atoms with Crippen LogP contribution in [-0.4, -0.2) is 4.57 Å². The van der Waals surface area contributed by atoms with Gasteiger partial charge in [0, 0.05) is 59.0 Å². The van der Waals surface area contributed by atoms with Crippen molar-refractivity contribution in [2.45, 2.75) is 0 Å². The summed E-state index contributed by atoms with van der Waals surface area (Å²) in [7, 11) is 0. The van der Waals surface area contributed by atoms with Crippen LogP contribution in [0.1, 0.15) is 0 Å². The molecule has 10 aromatic carbocycles. The number of nitrogens with zero attached hydrogens (tertiary/aromatic N) is 2. The molecule has 0 aliphatic rings. The molecule has 0 aliphatic carbocycles. The van der Waals surface area contributed by atoms with Crippen LogP contribution in [0.25, 0.3) is 92.2 Å². The van der Waals surface area contributed by atoms with Crippen LogP contribution >= 0.6 is 11.3 Å². The maximum absolute atomic E-state index is 2.49. The maximum Gasteiger partial charge on any atom is 0.0562 e. The number of fused-ring (bicyclic) bond motifs is 6. The molecule has 0 aliphatic heterocycles. The van der Waals surface area contributed by atoms with Gasteiger partial charge in [-0.25, -0.2) is 0 Å². The van der Waals surface area contributed by atoms with Gasteiger partial charge >= 0.3 is 0 Å². The quantitative estimate of drug-likeness (QED) is 0.148. The van der Waals surface area contributed by atoms with Crippen LogP contribution in [0, 0.1) is 0 Å². The molecule has 0 unspecified atom stereocenters. The first-order valence-corrected chi connectivity index (χ1v) is 22.3. The first-order chi connectivity index (χ1) is 31.3. The topological polar surface area (TPSA) is 8.17 Å². The molecule has 0 saturated heterocycles. The van der Waals surface area contributed by atoms with Crippen LogP contribution in [0.2, 0.25) is 0 Å². The van der Waals surface area contributed by atoms with Gasteiger partial charge in [0.15, 0.2) is 0 Å². The molecule has 296 valence electrons. The third-order valence-electron chi connectivity index (χ3n) is 12.4. The number of aromatic nitrogens is 1. The van der Waals surface area contributed by atoms with Crippen LogP contribution in [0.5, 0.6) is 0 Å². The van der Waals surface area contributed by atoms with Gasteiger partial charge in [0.05, 0.1) is 22.4 Å². The number of benzene rings is 10. The van der Waals surface area contributed by atoms with E-state index in [4.69, 9.17) is 0 Å². The lowest BCUT2D eigenvalue weighted by molar-refractivity contribution is 1.18. The van der Waals surface area contributed by atoms with E-state index < -0.39 is 0 Å². The van der Waals surface area contributed by atoms with Gasteiger partial charge < -0.3 is 9.47 Å². The van der Waals surface area contributed by atoms with E-state index in [1.54, 1.807) is 0 Å². The fourth-order valence-corrected chi connectivity index (χ4v) is 10.8. The minimum Gasteiger partial charge on any atom is -0.310 e. The summed E-state index contributed by atoms with van der Waals surface area (Å²) in [4.78, 5) is 2.43. The van der Waals surface area contributed by atoms with Gasteiger partial charge in [0.1, 0.15) is 0 Å². The van der Waals surface area contributed by atoms with E-state index >= 15 is 0 Å². The molecule has 12 aromatic rings. The normalized spacial score (nSPS) is 11.5. The Balaban J connectivity index is 1.09. The van der Waals surface area contributed by atoms with Crippen molar-refractivity contribution in [2.75, 3.05) is 4.90 Å². The van der Waals surface area contributed by atoms with Gasteiger partial charge in [0.25, 0.3) is 0 Å². The molecule has 2 nitrogen and oxygen atoms in total. The molecule has 0 saturated carbocycles. The summed E-state index contributed by atoms with van der Waals surface area (Å²) in [5.41, 5.74) is 16.3. The van der Waals surface area contributed by atoms with Gasteiger partial charge in [-0.2, -0.15) is 0 Å². The van der Waals surface area contributed by atoms with E-state index in [1.807, 2.05) is 11.3 Å². The second-order valence-electron chi connectivity index (χ2n) is 16.0. The van der Waals surface area contributed by atoms with Crippen molar-refractivity contribution >= 4 is 70.4 Å². The van der Waals surface area contributed by atoms with E-state index in [2.05, 4.69) is 252 Å². The van der Waals surface area contributed by atoms with Crippen molar-refractivity contribution < 1.29 is 0 Å².